The van der Waals surface area contributed by atoms with Gasteiger partial charge in [-0.25, -0.2) is 9.78 Å². The maximum Gasteiger partial charge on any atom is 0.363 e. The molecule has 5 aromatic rings. The van der Waals surface area contributed by atoms with Crippen molar-refractivity contribution in [1.29, 1.82) is 5.26 Å². The van der Waals surface area contributed by atoms with Crippen LogP contribution >= 0.6 is 11.6 Å². The predicted molar refractivity (Wildman–Crippen MR) is 118 cm³/mol. The Morgan fingerprint density at radius 3 is 2.40 bits per heavy atom. The van der Waals surface area contributed by atoms with Crippen molar-refractivity contribution in [3.05, 3.63) is 99.9 Å². The fourth-order valence-electron chi connectivity index (χ4n) is 3.61. The SMILES string of the molecule is N#Cc1ccc(-c2cc(-c3ccccc3)c3c(n2)c(=O)oc2ccc(Cl)cc23)cc1. The number of nitriles is 1. The van der Waals surface area contributed by atoms with Gasteiger partial charge in [-0.15, -0.1) is 0 Å². The molecule has 4 nitrogen and oxygen atoms in total. The molecule has 142 valence electrons. The molecular formula is C25H13ClN2O2. The third-order valence-electron chi connectivity index (χ3n) is 5.02. The van der Waals surface area contributed by atoms with E-state index in [0.717, 1.165) is 22.1 Å². The second kappa shape index (κ2) is 7.14. The smallest absolute Gasteiger partial charge is 0.363 e. The number of hydrogen-bond acceptors (Lipinski definition) is 4. The van der Waals surface area contributed by atoms with Crippen LogP contribution in [0.3, 0.4) is 0 Å². The highest BCUT2D eigenvalue weighted by Gasteiger charge is 2.17. The van der Waals surface area contributed by atoms with Gasteiger partial charge < -0.3 is 4.42 Å². The molecule has 0 unspecified atom stereocenters. The van der Waals surface area contributed by atoms with E-state index in [-0.39, 0.29) is 5.52 Å². The molecule has 2 heterocycles. The zero-order valence-corrected chi connectivity index (χ0v) is 16.4. The van der Waals surface area contributed by atoms with Crippen LogP contribution in [0.2, 0.25) is 5.02 Å². The first-order valence-electron chi connectivity index (χ1n) is 9.27. The summed E-state index contributed by atoms with van der Waals surface area (Å²) in [6.45, 7) is 0. The zero-order valence-electron chi connectivity index (χ0n) is 15.6. The van der Waals surface area contributed by atoms with Crippen LogP contribution in [0.1, 0.15) is 5.56 Å². The van der Waals surface area contributed by atoms with Crippen LogP contribution in [0.15, 0.2) is 88.1 Å². The molecule has 0 atom stereocenters. The fourth-order valence-corrected chi connectivity index (χ4v) is 3.78. The molecule has 30 heavy (non-hydrogen) atoms. The number of aromatic nitrogens is 1. The topological polar surface area (TPSA) is 66.9 Å². The van der Waals surface area contributed by atoms with Gasteiger partial charge >= 0.3 is 5.63 Å². The summed E-state index contributed by atoms with van der Waals surface area (Å²) in [4.78, 5) is 17.5. The number of fused-ring (bicyclic) bond motifs is 3. The highest BCUT2D eigenvalue weighted by atomic mass is 35.5. The Morgan fingerprint density at radius 1 is 0.900 bits per heavy atom. The van der Waals surface area contributed by atoms with Gasteiger partial charge in [0.25, 0.3) is 0 Å². The average Bonchev–Trinajstić information content (AvgIpc) is 2.79. The van der Waals surface area contributed by atoms with Gasteiger partial charge in [0.15, 0.2) is 5.52 Å². The van der Waals surface area contributed by atoms with Crippen molar-refractivity contribution >= 4 is 33.5 Å². The van der Waals surface area contributed by atoms with E-state index in [0.29, 0.717) is 27.2 Å². The molecule has 0 aliphatic heterocycles. The second-order valence-corrected chi connectivity index (χ2v) is 7.30. The molecule has 0 bridgehead atoms. The minimum atomic E-state index is -0.507. The summed E-state index contributed by atoms with van der Waals surface area (Å²) in [5, 5.41) is 11.0. The summed E-state index contributed by atoms with van der Waals surface area (Å²) in [5.41, 5.74) is 3.99. The predicted octanol–water partition coefficient (Wildman–Crippen LogP) is 6.20. The van der Waals surface area contributed by atoms with E-state index >= 15 is 0 Å². The molecule has 2 aromatic heterocycles. The zero-order chi connectivity index (χ0) is 20.7. The van der Waals surface area contributed by atoms with Crippen molar-refractivity contribution in [1.82, 2.24) is 4.98 Å². The molecule has 3 aromatic carbocycles. The van der Waals surface area contributed by atoms with Gasteiger partial charge in [-0.2, -0.15) is 5.26 Å². The third kappa shape index (κ3) is 3.02. The fraction of sp³-hybridized carbons (Fsp3) is 0. The van der Waals surface area contributed by atoms with Gasteiger partial charge in [-0.05, 0) is 47.5 Å². The van der Waals surface area contributed by atoms with Gasteiger partial charge in [0, 0.05) is 21.4 Å². The summed E-state index contributed by atoms with van der Waals surface area (Å²) in [5.74, 6) is 0. The highest BCUT2D eigenvalue weighted by molar-refractivity contribution is 6.31. The molecule has 0 aliphatic carbocycles. The Kier molecular flexibility index (Phi) is 4.31. The monoisotopic (exact) mass is 408 g/mol. The first-order valence-corrected chi connectivity index (χ1v) is 9.65. The van der Waals surface area contributed by atoms with Crippen molar-refractivity contribution in [3.63, 3.8) is 0 Å². The number of nitrogens with zero attached hydrogens (tertiary/aromatic N) is 2. The average molecular weight is 409 g/mol. The van der Waals surface area contributed by atoms with Crippen molar-refractivity contribution in [3.8, 4) is 28.5 Å². The van der Waals surface area contributed by atoms with Crippen LogP contribution in [0, 0.1) is 11.3 Å². The van der Waals surface area contributed by atoms with E-state index in [1.54, 1.807) is 30.3 Å². The van der Waals surface area contributed by atoms with Crippen LogP contribution in [-0.2, 0) is 0 Å². The molecule has 0 N–H and O–H groups in total. The molecule has 0 spiro atoms. The minimum absolute atomic E-state index is 0.241. The summed E-state index contributed by atoms with van der Waals surface area (Å²) >= 11 is 6.25. The quantitative estimate of drug-likeness (QED) is 0.257. The largest absolute Gasteiger partial charge is 0.421 e. The van der Waals surface area contributed by atoms with Crippen LogP contribution in [0.25, 0.3) is 44.3 Å². The maximum atomic E-state index is 12.8. The molecule has 0 aliphatic rings. The molecular weight excluding hydrogens is 396 g/mol. The lowest BCUT2D eigenvalue weighted by molar-refractivity contribution is 0.568. The molecule has 0 fully saturated rings. The first-order chi connectivity index (χ1) is 14.6. The van der Waals surface area contributed by atoms with Gasteiger partial charge in [-0.1, -0.05) is 54.1 Å². The number of hydrogen-bond donors (Lipinski definition) is 0. The van der Waals surface area contributed by atoms with Gasteiger partial charge in [-0.3, -0.25) is 0 Å². The van der Waals surface area contributed by atoms with Crippen molar-refractivity contribution < 1.29 is 4.42 Å². The van der Waals surface area contributed by atoms with Crippen LogP contribution in [0.5, 0.6) is 0 Å². The Bertz CT molecular complexity index is 1520. The normalized spacial score (nSPS) is 10.9. The third-order valence-corrected chi connectivity index (χ3v) is 5.26. The Morgan fingerprint density at radius 2 is 1.67 bits per heavy atom. The standard InChI is InChI=1S/C25H13ClN2O2/c26-18-10-11-22-20(12-18)23-19(16-4-2-1-3-5-16)13-21(28-24(23)25(29)30-22)17-8-6-15(14-27)7-9-17/h1-13H. The second-order valence-electron chi connectivity index (χ2n) is 6.86. The van der Waals surface area contributed by atoms with Crippen molar-refractivity contribution in [2.75, 3.05) is 0 Å². The van der Waals surface area contributed by atoms with E-state index in [1.807, 2.05) is 48.5 Å². The molecule has 5 rings (SSSR count). The number of halogens is 1. The summed E-state index contributed by atoms with van der Waals surface area (Å²) < 4.78 is 5.53. The van der Waals surface area contributed by atoms with Crippen LogP contribution in [0.4, 0.5) is 0 Å². The summed E-state index contributed by atoms with van der Waals surface area (Å²) in [7, 11) is 0. The molecule has 0 radical (unpaired) electrons. The van der Waals surface area contributed by atoms with Crippen LogP contribution < -0.4 is 5.63 Å². The van der Waals surface area contributed by atoms with E-state index in [4.69, 9.17) is 21.3 Å². The molecule has 0 saturated heterocycles. The number of rotatable bonds is 2. The summed E-state index contributed by atoms with van der Waals surface area (Å²) in [6.07, 6.45) is 0. The lowest BCUT2D eigenvalue weighted by atomic mass is 9.96. The Balaban J connectivity index is 1.92. The van der Waals surface area contributed by atoms with Gasteiger partial charge in [0.1, 0.15) is 5.58 Å². The first kappa shape index (κ1) is 18.1. The lowest BCUT2D eigenvalue weighted by Gasteiger charge is -2.12. The van der Waals surface area contributed by atoms with E-state index in [9.17, 15) is 4.79 Å². The van der Waals surface area contributed by atoms with Gasteiger partial charge in [0.05, 0.1) is 17.3 Å². The Labute approximate surface area is 176 Å². The van der Waals surface area contributed by atoms with Crippen molar-refractivity contribution in [2.24, 2.45) is 0 Å². The Hall–Kier alpha value is -3.94. The minimum Gasteiger partial charge on any atom is -0.421 e. The lowest BCUT2D eigenvalue weighted by Crippen LogP contribution is -2.04. The van der Waals surface area contributed by atoms with Gasteiger partial charge in [0.2, 0.25) is 0 Å². The van der Waals surface area contributed by atoms with Crippen molar-refractivity contribution in [2.45, 2.75) is 0 Å². The molecule has 5 heteroatoms. The van der Waals surface area contributed by atoms with E-state index in [1.165, 1.54) is 0 Å². The van der Waals surface area contributed by atoms with E-state index < -0.39 is 5.63 Å². The summed E-state index contributed by atoms with van der Waals surface area (Å²) in [6, 6.07) is 26.2. The number of benzene rings is 3. The van der Waals surface area contributed by atoms with E-state index in [2.05, 4.69) is 11.1 Å². The maximum absolute atomic E-state index is 12.8. The number of pyridine rings is 1. The van der Waals surface area contributed by atoms with Crippen LogP contribution in [-0.4, -0.2) is 4.98 Å². The molecule has 0 amide bonds. The molecule has 0 saturated carbocycles. The highest BCUT2D eigenvalue weighted by Crippen LogP contribution is 2.36.